The molecule has 0 saturated carbocycles. The highest BCUT2D eigenvalue weighted by molar-refractivity contribution is 7.99. The average molecular weight is 538 g/mol. The van der Waals surface area contributed by atoms with Crippen LogP contribution in [0.15, 0.2) is 83.8 Å². The highest BCUT2D eigenvalue weighted by Gasteiger charge is 2.18. The van der Waals surface area contributed by atoms with E-state index < -0.39 is 18.2 Å². The third-order valence-corrected chi connectivity index (χ3v) is 6.78. The number of carbonyl (C=O) groups excluding carboxylic acids is 1. The smallest absolute Gasteiger partial charge is 0.415 e. The van der Waals surface area contributed by atoms with Gasteiger partial charge in [-0.1, -0.05) is 48.0 Å². The first kappa shape index (κ1) is 29.1. The summed E-state index contributed by atoms with van der Waals surface area (Å²) in [6, 6.07) is 24.8. The lowest BCUT2D eigenvalue weighted by atomic mass is 10.1. The third kappa shape index (κ3) is 10.1. The Balaban J connectivity index is 1.53. The van der Waals surface area contributed by atoms with Gasteiger partial charge in [0.15, 0.2) is 6.10 Å². The van der Waals surface area contributed by atoms with E-state index in [2.05, 4.69) is 12.1 Å². The van der Waals surface area contributed by atoms with Gasteiger partial charge in [0.2, 0.25) is 0 Å². The fraction of sp³-hybridized carbons (Fsp3) is 0.333. The van der Waals surface area contributed by atoms with Gasteiger partial charge >= 0.3 is 12.1 Å². The van der Waals surface area contributed by atoms with Crippen LogP contribution in [0.1, 0.15) is 24.5 Å². The number of amides is 1. The van der Waals surface area contributed by atoms with Crippen molar-refractivity contribution < 1.29 is 28.9 Å². The number of ether oxygens (including phenoxy) is 3. The SMILES string of the molecule is CCOC(Cc1ccc(OCCN(CCCSc2ccccc2)C(=O)Oc2ccc(C)cc2)cc1)C(=O)O. The van der Waals surface area contributed by atoms with Crippen LogP contribution in [-0.2, 0) is 16.0 Å². The van der Waals surface area contributed by atoms with Crippen LogP contribution >= 0.6 is 11.8 Å². The molecule has 0 aliphatic heterocycles. The number of carbonyl (C=O) groups is 2. The Morgan fingerprint density at radius 1 is 0.921 bits per heavy atom. The first-order valence-electron chi connectivity index (χ1n) is 12.7. The molecule has 1 atom stereocenters. The summed E-state index contributed by atoms with van der Waals surface area (Å²) in [5.41, 5.74) is 1.94. The summed E-state index contributed by atoms with van der Waals surface area (Å²) in [5.74, 6) is 1.04. The molecule has 0 fully saturated rings. The van der Waals surface area contributed by atoms with Crippen LogP contribution in [-0.4, -0.2) is 60.2 Å². The van der Waals surface area contributed by atoms with Gasteiger partial charge in [-0.25, -0.2) is 9.59 Å². The van der Waals surface area contributed by atoms with Gasteiger partial charge in [-0.05, 0) is 68.0 Å². The van der Waals surface area contributed by atoms with E-state index in [1.807, 2.05) is 49.4 Å². The Kier molecular flexibility index (Phi) is 12.0. The van der Waals surface area contributed by atoms with Gasteiger partial charge in [0.05, 0.1) is 6.54 Å². The van der Waals surface area contributed by atoms with Crippen molar-refractivity contribution in [1.29, 1.82) is 0 Å². The van der Waals surface area contributed by atoms with Crippen LogP contribution in [0.5, 0.6) is 11.5 Å². The van der Waals surface area contributed by atoms with Gasteiger partial charge in [-0.2, -0.15) is 0 Å². The van der Waals surface area contributed by atoms with Crippen LogP contribution in [0.2, 0.25) is 0 Å². The largest absolute Gasteiger partial charge is 0.492 e. The summed E-state index contributed by atoms with van der Waals surface area (Å²) in [4.78, 5) is 27.1. The molecule has 1 amide bonds. The van der Waals surface area contributed by atoms with Crippen molar-refractivity contribution in [2.24, 2.45) is 0 Å². The summed E-state index contributed by atoms with van der Waals surface area (Å²) in [7, 11) is 0. The van der Waals surface area contributed by atoms with Gasteiger partial charge in [0, 0.05) is 24.5 Å². The molecule has 8 heteroatoms. The van der Waals surface area contributed by atoms with Gasteiger partial charge in [0.1, 0.15) is 18.1 Å². The average Bonchev–Trinajstić information content (AvgIpc) is 2.92. The van der Waals surface area contributed by atoms with E-state index in [-0.39, 0.29) is 6.42 Å². The Morgan fingerprint density at radius 2 is 1.61 bits per heavy atom. The van der Waals surface area contributed by atoms with Crippen molar-refractivity contribution >= 4 is 23.8 Å². The lowest BCUT2D eigenvalue weighted by Crippen LogP contribution is -2.37. The monoisotopic (exact) mass is 537 g/mol. The Labute approximate surface area is 228 Å². The zero-order chi connectivity index (χ0) is 27.2. The first-order chi connectivity index (χ1) is 18.4. The minimum atomic E-state index is -0.980. The number of carboxylic acid groups (broad SMARTS) is 1. The van der Waals surface area contributed by atoms with Crippen LogP contribution in [0, 0.1) is 6.92 Å². The molecule has 0 spiro atoms. The molecule has 0 aliphatic rings. The molecule has 0 heterocycles. The number of carboxylic acids is 1. The molecule has 0 aromatic heterocycles. The topological polar surface area (TPSA) is 85.3 Å². The van der Waals surface area contributed by atoms with Gasteiger partial charge in [-0.3, -0.25) is 0 Å². The predicted molar refractivity (Wildman–Crippen MR) is 149 cm³/mol. The minimum absolute atomic E-state index is 0.281. The molecular formula is C30H35NO6S. The second-order valence-corrected chi connectivity index (χ2v) is 9.83. The van der Waals surface area contributed by atoms with E-state index in [9.17, 15) is 14.7 Å². The summed E-state index contributed by atoms with van der Waals surface area (Å²) in [6.45, 7) is 5.30. The van der Waals surface area contributed by atoms with Gasteiger partial charge in [-0.15, -0.1) is 11.8 Å². The van der Waals surface area contributed by atoms with E-state index in [1.165, 1.54) is 4.90 Å². The van der Waals surface area contributed by atoms with Crippen molar-refractivity contribution in [3.05, 3.63) is 90.0 Å². The number of benzene rings is 3. The summed E-state index contributed by atoms with van der Waals surface area (Å²) >= 11 is 1.75. The molecular weight excluding hydrogens is 502 g/mol. The van der Waals surface area contributed by atoms with Crippen LogP contribution in [0.3, 0.4) is 0 Å². The lowest BCUT2D eigenvalue weighted by Gasteiger charge is -2.22. The van der Waals surface area contributed by atoms with E-state index in [1.54, 1.807) is 47.9 Å². The number of rotatable bonds is 15. The molecule has 0 saturated heterocycles. The van der Waals surface area contributed by atoms with E-state index in [0.29, 0.717) is 37.8 Å². The van der Waals surface area contributed by atoms with Crippen LogP contribution in [0.4, 0.5) is 4.79 Å². The number of hydrogen-bond acceptors (Lipinski definition) is 6. The fourth-order valence-electron chi connectivity index (χ4n) is 3.66. The number of nitrogens with zero attached hydrogens (tertiary/aromatic N) is 1. The van der Waals surface area contributed by atoms with Crippen molar-refractivity contribution in [3.63, 3.8) is 0 Å². The van der Waals surface area contributed by atoms with E-state index >= 15 is 0 Å². The fourth-order valence-corrected chi connectivity index (χ4v) is 4.52. The van der Waals surface area contributed by atoms with E-state index in [0.717, 1.165) is 23.3 Å². The third-order valence-electron chi connectivity index (χ3n) is 5.69. The molecule has 7 nitrogen and oxygen atoms in total. The standard InChI is InChI=1S/C30H35NO6S/c1-3-35-28(29(32)33)22-24-12-16-25(17-13-24)36-20-19-31(18-7-21-38-27-8-5-4-6-9-27)30(34)37-26-14-10-23(2)11-15-26/h4-6,8-17,28H,3,7,18-22H2,1-2H3,(H,32,33). The molecule has 38 heavy (non-hydrogen) atoms. The second-order valence-electron chi connectivity index (χ2n) is 8.66. The summed E-state index contributed by atoms with van der Waals surface area (Å²) in [5, 5.41) is 9.28. The molecule has 0 bridgehead atoms. The molecule has 0 radical (unpaired) electrons. The maximum atomic E-state index is 12.9. The first-order valence-corrected chi connectivity index (χ1v) is 13.7. The Morgan fingerprint density at radius 3 is 2.26 bits per heavy atom. The lowest BCUT2D eigenvalue weighted by molar-refractivity contribution is -0.149. The van der Waals surface area contributed by atoms with Gasteiger partial charge < -0.3 is 24.2 Å². The zero-order valence-corrected chi connectivity index (χ0v) is 22.7. The summed E-state index contributed by atoms with van der Waals surface area (Å²) in [6.07, 6.45) is -0.196. The van der Waals surface area contributed by atoms with Crippen LogP contribution in [0.25, 0.3) is 0 Å². The van der Waals surface area contributed by atoms with Crippen molar-refractivity contribution in [1.82, 2.24) is 4.90 Å². The number of hydrogen-bond donors (Lipinski definition) is 1. The maximum absolute atomic E-state index is 12.9. The second kappa shape index (κ2) is 15.7. The quantitative estimate of drug-likeness (QED) is 0.185. The zero-order valence-electron chi connectivity index (χ0n) is 21.9. The molecule has 3 rings (SSSR count). The van der Waals surface area contributed by atoms with Gasteiger partial charge in [0.25, 0.3) is 0 Å². The highest BCUT2D eigenvalue weighted by atomic mass is 32.2. The molecule has 1 N–H and O–H groups in total. The van der Waals surface area contributed by atoms with Crippen molar-refractivity contribution in [2.45, 2.75) is 37.7 Å². The Hall–Kier alpha value is -3.49. The maximum Gasteiger partial charge on any atom is 0.415 e. The number of aryl methyl sites for hydroxylation is 1. The van der Waals surface area contributed by atoms with E-state index in [4.69, 9.17) is 14.2 Å². The molecule has 3 aromatic rings. The van der Waals surface area contributed by atoms with Crippen LogP contribution < -0.4 is 9.47 Å². The Bertz CT molecular complexity index is 1120. The molecule has 1 unspecified atom stereocenters. The predicted octanol–water partition coefficient (Wildman–Crippen LogP) is 6.09. The molecule has 3 aromatic carbocycles. The molecule has 202 valence electrons. The van der Waals surface area contributed by atoms with Crippen molar-refractivity contribution in [2.75, 3.05) is 32.1 Å². The number of aliphatic carboxylic acids is 1. The highest BCUT2D eigenvalue weighted by Crippen LogP contribution is 2.19. The summed E-state index contributed by atoms with van der Waals surface area (Å²) < 4.78 is 16.8. The number of thioether (sulfide) groups is 1. The normalized spacial score (nSPS) is 11.5. The minimum Gasteiger partial charge on any atom is -0.492 e. The molecule has 0 aliphatic carbocycles. The van der Waals surface area contributed by atoms with Crippen molar-refractivity contribution in [3.8, 4) is 11.5 Å².